The Morgan fingerprint density at radius 2 is 1.69 bits per heavy atom. The summed E-state index contributed by atoms with van der Waals surface area (Å²) >= 11 is 6.10. The average Bonchev–Trinajstić information content (AvgIpc) is 3.09. The van der Waals surface area contributed by atoms with Crippen LogP contribution in [0.1, 0.15) is 32.0 Å². The minimum Gasteiger partial charge on any atom is -0.268 e. The fourth-order valence-corrected chi connectivity index (χ4v) is 3.28. The van der Waals surface area contributed by atoms with Crippen LogP contribution < -0.4 is 4.90 Å². The normalized spacial score (nSPS) is 13.4. The Hall–Kier alpha value is -2.99. The van der Waals surface area contributed by atoms with E-state index in [0.29, 0.717) is 16.8 Å². The molecule has 4 rings (SSSR count). The Morgan fingerprint density at radius 3 is 2.31 bits per heavy atom. The number of carbonyl (C=O) groups is 2. The van der Waals surface area contributed by atoms with Gasteiger partial charge in [0.15, 0.2) is 0 Å². The molecule has 130 valence electrons. The third kappa shape index (κ3) is 2.50. The molecule has 5 nitrogen and oxygen atoms in total. The molecule has 2 heterocycles. The van der Waals surface area contributed by atoms with Crippen LogP contribution in [0.4, 0.5) is 10.2 Å². The number of aromatic nitrogens is 2. The van der Waals surface area contributed by atoms with Gasteiger partial charge in [-0.3, -0.25) is 9.59 Å². The van der Waals surface area contributed by atoms with E-state index in [2.05, 4.69) is 5.10 Å². The Balaban J connectivity index is 1.78. The standard InChI is InChI=1S/C19H13ClFN3O2/c1-11-9-17(23(22-11)10-14-15(20)7-4-8-16(14)21)24-18(25)12-5-2-3-6-13(12)19(24)26/h2-9H,10H2,1H3. The van der Waals surface area contributed by atoms with Crippen molar-refractivity contribution in [3.63, 3.8) is 0 Å². The highest BCUT2D eigenvalue weighted by Gasteiger charge is 2.38. The van der Waals surface area contributed by atoms with E-state index in [1.165, 1.54) is 16.8 Å². The van der Waals surface area contributed by atoms with Crippen LogP contribution in [0.3, 0.4) is 0 Å². The van der Waals surface area contributed by atoms with E-state index in [0.717, 1.165) is 4.90 Å². The zero-order valence-electron chi connectivity index (χ0n) is 13.7. The van der Waals surface area contributed by atoms with Crippen LogP contribution in [0.15, 0.2) is 48.5 Å². The predicted octanol–water partition coefficient (Wildman–Crippen LogP) is 3.83. The van der Waals surface area contributed by atoms with Crippen molar-refractivity contribution < 1.29 is 14.0 Å². The molecule has 0 bridgehead atoms. The van der Waals surface area contributed by atoms with Gasteiger partial charge in [0.2, 0.25) is 0 Å². The molecule has 1 aliphatic rings. The summed E-state index contributed by atoms with van der Waals surface area (Å²) in [5.41, 5.74) is 1.53. The molecular weight excluding hydrogens is 357 g/mol. The number of nitrogens with zero attached hydrogens (tertiary/aromatic N) is 3. The minimum absolute atomic E-state index is 0.00207. The lowest BCUT2D eigenvalue weighted by Gasteiger charge is -2.16. The van der Waals surface area contributed by atoms with E-state index in [1.54, 1.807) is 43.3 Å². The molecule has 3 aromatic rings. The fourth-order valence-electron chi connectivity index (χ4n) is 3.06. The van der Waals surface area contributed by atoms with Crippen molar-refractivity contribution in [1.29, 1.82) is 0 Å². The molecule has 0 atom stereocenters. The minimum atomic E-state index is -0.473. The number of amides is 2. The van der Waals surface area contributed by atoms with Gasteiger partial charge in [-0.25, -0.2) is 14.0 Å². The maximum atomic E-state index is 14.1. The lowest BCUT2D eigenvalue weighted by atomic mass is 10.1. The van der Waals surface area contributed by atoms with Gasteiger partial charge >= 0.3 is 0 Å². The molecule has 1 aromatic heterocycles. The molecule has 26 heavy (non-hydrogen) atoms. The van der Waals surface area contributed by atoms with Crippen LogP contribution in [-0.2, 0) is 6.54 Å². The van der Waals surface area contributed by atoms with E-state index in [-0.39, 0.29) is 22.9 Å². The van der Waals surface area contributed by atoms with Gasteiger partial charge in [-0.2, -0.15) is 5.10 Å². The van der Waals surface area contributed by atoms with Crippen LogP contribution in [0.2, 0.25) is 5.02 Å². The van der Waals surface area contributed by atoms with Gasteiger partial charge < -0.3 is 0 Å². The van der Waals surface area contributed by atoms with Crippen molar-refractivity contribution in [2.45, 2.75) is 13.5 Å². The maximum Gasteiger partial charge on any atom is 0.267 e. The number of aryl methyl sites for hydroxylation is 1. The Kier molecular flexibility index (Phi) is 3.85. The SMILES string of the molecule is Cc1cc(N2C(=O)c3ccccc3C2=O)n(Cc2c(F)cccc2Cl)n1. The van der Waals surface area contributed by atoms with Crippen LogP contribution in [-0.4, -0.2) is 21.6 Å². The van der Waals surface area contributed by atoms with E-state index >= 15 is 0 Å². The third-order valence-corrected chi connectivity index (χ3v) is 4.63. The monoisotopic (exact) mass is 369 g/mol. The lowest BCUT2D eigenvalue weighted by Crippen LogP contribution is -2.31. The summed E-state index contributed by atoms with van der Waals surface area (Å²) in [5, 5.41) is 4.57. The molecule has 7 heteroatoms. The first-order chi connectivity index (χ1) is 12.5. The van der Waals surface area contributed by atoms with Crippen LogP contribution >= 0.6 is 11.6 Å². The summed E-state index contributed by atoms with van der Waals surface area (Å²) in [7, 11) is 0. The van der Waals surface area contributed by atoms with E-state index < -0.39 is 17.6 Å². The molecule has 0 saturated heterocycles. The molecule has 0 saturated carbocycles. The smallest absolute Gasteiger partial charge is 0.267 e. The van der Waals surface area contributed by atoms with Gasteiger partial charge in [0.1, 0.15) is 11.6 Å². The quantitative estimate of drug-likeness (QED) is 0.659. The van der Waals surface area contributed by atoms with Crippen molar-refractivity contribution in [3.05, 3.63) is 81.8 Å². The predicted molar refractivity (Wildman–Crippen MR) is 95.1 cm³/mol. The summed E-state index contributed by atoms with van der Waals surface area (Å²) in [6, 6.07) is 12.6. The molecular formula is C19H13ClFN3O2. The summed E-state index contributed by atoms with van der Waals surface area (Å²) < 4.78 is 15.6. The highest BCUT2D eigenvalue weighted by atomic mass is 35.5. The number of halogens is 2. The van der Waals surface area contributed by atoms with Gasteiger partial charge in [0, 0.05) is 16.7 Å². The van der Waals surface area contributed by atoms with Crippen LogP contribution in [0.5, 0.6) is 0 Å². The van der Waals surface area contributed by atoms with Crippen LogP contribution in [0.25, 0.3) is 0 Å². The second kappa shape index (κ2) is 6.07. The van der Waals surface area contributed by atoms with Gasteiger partial charge in [0.25, 0.3) is 11.8 Å². The van der Waals surface area contributed by atoms with Gasteiger partial charge in [-0.15, -0.1) is 0 Å². The topological polar surface area (TPSA) is 55.2 Å². The first-order valence-corrected chi connectivity index (χ1v) is 8.30. The van der Waals surface area contributed by atoms with Crippen molar-refractivity contribution >= 4 is 29.2 Å². The Morgan fingerprint density at radius 1 is 1.04 bits per heavy atom. The first kappa shape index (κ1) is 16.5. The van der Waals surface area contributed by atoms with E-state index in [1.807, 2.05) is 0 Å². The molecule has 1 aliphatic heterocycles. The lowest BCUT2D eigenvalue weighted by molar-refractivity contribution is 0.0923. The zero-order valence-corrected chi connectivity index (χ0v) is 14.5. The fraction of sp³-hybridized carbons (Fsp3) is 0.105. The summed E-state index contributed by atoms with van der Waals surface area (Å²) in [4.78, 5) is 26.5. The Bertz CT molecular complexity index is 1010. The second-order valence-electron chi connectivity index (χ2n) is 5.99. The highest BCUT2D eigenvalue weighted by molar-refractivity contribution is 6.34. The zero-order chi connectivity index (χ0) is 18.4. The number of imide groups is 1. The molecule has 0 unspecified atom stereocenters. The maximum absolute atomic E-state index is 14.1. The highest BCUT2D eigenvalue weighted by Crippen LogP contribution is 2.30. The van der Waals surface area contributed by atoms with Crippen molar-refractivity contribution in [3.8, 4) is 0 Å². The molecule has 0 spiro atoms. The molecule has 0 radical (unpaired) electrons. The summed E-state index contributed by atoms with van der Waals surface area (Å²) in [6.07, 6.45) is 0. The number of carbonyl (C=O) groups excluding carboxylic acids is 2. The molecule has 0 aliphatic carbocycles. The summed E-state index contributed by atoms with van der Waals surface area (Å²) in [5.74, 6) is -1.04. The van der Waals surface area contributed by atoms with Gasteiger partial charge in [-0.05, 0) is 31.2 Å². The molecule has 0 fully saturated rings. The van der Waals surface area contributed by atoms with Crippen molar-refractivity contribution in [1.82, 2.24) is 9.78 Å². The van der Waals surface area contributed by atoms with Crippen LogP contribution in [0, 0.1) is 12.7 Å². The number of rotatable bonds is 3. The third-order valence-electron chi connectivity index (χ3n) is 4.27. The number of fused-ring (bicyclic) bond motifs is 1. The molecule has 0 N–H and O–H groups in total. The number of benzene rings is 2. The molecule has 2 aromatic carbocycles. The first-order valence-electron chi connectivity index (χ1n) is 7.92. The second-order valence-corrected chi connectivity index (χ2v) is 6.40. The number of hydrogen-bond donors (Lipinski definition) is 0. The molecule has 2 amide bonds. The number of hydrogen-bond acceptors (Lipinski definition) is 3. The average molecular weight is 370 g/mol. The van der Waals surface area contributed by atoms with Crippen molar-refractivity contribution in [2.75, 3.05) is 4.90 Å². The Labute approximate surface area is 153 Å². The van der Waals surface area contributed by atoms with E-state index in [4.69, 9.17) is 11.6 Å². The number of anilines is 1. The largest absolute Gasteiger partial charge is 0.268 e. The van der Waals surface area contributed by atoms with Crippen molar-refractivity contribution in [2.24, 2.45) is 0 Å². The van der Waals surface area contributed by atoms with Gasteiger partial charge in [-0.1, -0.05) is 29.8 Å². The van der Waals surface area contributed by atoms with Gasteiger partial charge in [0.05, 0.1) is 23.4 Å². The van der Waals surface area contributed by atoms with E-state index in [9.17, 15) is 14.0 Å². The summed E-state index contributed by atoms with van der Waals surface area (Å²) in [6.45, 7) is 1.74.